The van der Waals surface area contributed by atoms with E-state index in [1.165, 1.54) is 13.2 Å². The van der Waals surface area contributed by atoms with Crippen molar-refractivity contribution >= 4 is 45.5 Å². The molecule has 4 amide bonds. The van der Waals surface area contributed by atoms with E-state index in [1.807, 2.05) is 50.2 Å². The fraction of sp³-hybridized carbons (Fsp3) is 0.179. The molecule has 0 spiro atoms. The van der Waals surface area contributed by atoms with Gasteiger partial charge in [0, 0.05) is 0 Å². The molecule has 36 heavy (non-hydrogen) atoms. The molecule has 1 fully saturated rings. The van der Waals surface area contributed by atoms with Crippen molar-refractivity contribution in [1.82, 2.24) is 5.32 Å². The highest BCUT2D eigenvalue weighted by Crippen LogP contribution is 2.38. The molecule has 0 unspecified atom stereocenters. The second-order valence-corrected chi connectivity index (χ2v) is 9.14. The van der Waals surface area contributed by atoms with Gasteiger partial charge < -0.3 is 9.47 Å². The molecule has 0 saturated carbocycles. The molecule has 0 radical (unpaired) electrons. The van der Waals surface area contributed by atoms with Crippen molar-refractivity contribution in [2.24, 2.45) is 0 Å². The second-order valence-electron chi connectivity index (χ2n) is 8.29. The van der Waals surface area contributed by atoms with Crippen LogP contribution < -0.4 is 19.7 Å². The highest BCUT2D eigenvalue weighted by molar-refractivity contribution is 9.10. The lowest BCUT2D eigenvalue weighted by Gasteiger charge is -2.26. The molecule has 1 heterocycles. The van der Waals surface area contributed by atoms with Crippen molar-refractivity contribution in [3.05, 3.63) is 93.0 Å². The molecular formula is C28H25BrN2O5. The number of benzene rings is 3. The number of aryl methyl sites for hydroxylation is 2. The molecule has 0 aromatic heterocycles. The van der Waals surface area contributed by atoms with E-state index >= 15 is 0 Å². The standard InChI is InChI=1S/C28H25BrN2O5/c1-4-18-9-11-21(12-10-18)31-27(33)22(26(32)30-28(31)34)13-20-14-23(29)25(24(15-20)35-3)36-16-19-7-5-17(2)6-8-19/h5-15H,4,16H2,1-3H3,(H,30,32,34)/b22-13-. The van der Waals surface area contributed by atoms with E-state index in [0.29, 0.717) is 33.8 Å². The van der Waals surface area contributed by atoms with Gasteiger partial charge in [0.1, 0.15) is 12.2 Å². The van der Waals surface area contributed by atoms with Gasteiger partial charge in [-0.05, 0) is 76.3 Å². The molecule has 3 aromatic carbocycles. The maximum atomic E-state index is 13.2. The first-order valence-corrected chi connectivity index (χ1v) is 12.2. The van der Waals surface area contributed by atoms with Crippen molar-refractivity contribution in [2.45, 2.75) is 26.9 Å². The monoisotopic (exact) mass is 548 g/mol. The lowest BCUT2D eigenvalue weighted by molar-refractivity contribution is -0.122. The fourth-order valence-corrected chi connectivity index (χ4v) is 4.32. The lowest BCUT2D eigenvalue weighted by Crippen LogP contribution is -2.54. The van der Waals surface area contributed by atoms with Gasteiger partial charge in [0.25, 0.3) is 11.8 Å². The summed E-state index contributed by atoms with van der Waals surface area (Å²) >= 11 is 3.51. The fourth-order valence-electron chi connectivity index (χ4n) is 3.74. The molecule has 0 atom stereocenters. The van der Waals surface area contributed by atoms with Crippen LogP contribution in [0.4, 0.5) is 10.5 Å². The van der Waals surface area contributed by atoms with Gasteiger partial charge in [-0.2, -0.15) is 0 Å². The Morgan fingerprint density at radius 3 is 2.28 bits per heavy atom. The molecule has 1 aliphatic heterocycles. The van der Waals surface area contributed by atoms with Gasteiger partial charge in [0.2, 0.25) is 0 Å². The Hall–Kier alpha value is -3.91. The highest BCUT2D eigenvalue weighted by atomic mass is 79.9. The Morgan fingerprint density at radius 1 is 0.972 bits per heavy atom. The Bertz CT molecular complexity index is 1350. The van der Waals surface area contributed by atoms with E-state index in [9.17, 15) is 14.4 Å². The summed E-state index contributed by atoms with van der Waals surface area (Å²) in [5.74, 6) is -0.549. The van der Waals surface area contributed by atoms with Gasteiger partial charge >= 0.3 is 6.03 Å². The number of barbiturate groups is 1. The van der Waals surface area contributed by atoms with E-state index < -0.39 is 17.8 Å². The Labute approximate surface area is 217 Å². The zero-order chi connectivity index (χ0) is 25.8. The summed E-state index contributed by atoms with van der Waals surface area (Å²) in [5.41, 5.74) is 3.96. The zero-order valence-corrected chi connectivity index (χ0v) is 21.7. The maximum absolute atomic E-state index is 13.2. The third kappa shape index (κ3) is 5.33. The van der Waals surface area contributed by atoms with Crippen LogP contribution in [0.3, 0.4) is 0 Å². The topological polar surface area (TPSA) is 84.9 Å². The predicted octanol–water partition coefficient (Wildman–Crippen LogP) is 5.57. The number of amides is 4. The van der Waals surface area contributed by atoms with Crippen LogP contribution in [0, 0.1) is 6.92 Å². The molecule has 3 aromatic rings. The number of rotatable bonds is 7. The normalized spacial score (nSPS) is 14.7. The molecule has 4 rings (SSSR count). The number of halogens is 1. The average Bonchev–Trinajstić information content (AvgIpc) is 2.87. The van der Waals surface area contributed by atoms with Gasteiger partial charge in [-0.1, -0.05) is 48.9 Å². The van der Waals surface area contributed by atoms with E-state index in [0.717, 1.165) is 28.0 Å². The smallest absolute Gasteiger partial charge is 0.335 e. The van der Waals surface area contributed by atoms with Crippen LogP contribution in [-0.4, -0.2) is 25.0 Å². The van der Waals surface area contributed by atoms with Crippen molar-refractivity contribution in [3.8, 4) is 11.5 Å². The summed E-state index contributed by atoms with van der Waals surface area (Å²) in [4.78, 5) is 39.2. The first kappa shape index (κ1) is 25.2. The van der Waals surface area contributed by atoms with Crippen LogP contribution in [0.25, 0.3) is 6.08 Å². The van der Waals surface area contributed by atoms with Crippen LogP contribution in [-0.2, 0) is 22.6 Å². The van der Waals surface area contributed by atoms with Gasteiger partial charge in [-0.25, -0.2) is 9.69 Å². The second kappa shape index (κ2) is 10.8. The number of carbonyl (C=O) groups is 3. The number of ether oxygens (including phenoxy) is 2. The van der Waals surface area contributed by atoms with Crippen LogP contribution in [0.2, 0.25) is 0 Å². The predicted molar refractivity (Wildman–Crippen MR) is 141 cm³/mol. The van der Waals surface area contributed by atoms with Crippen molar-refractivity contribution < 1.29 is 23.9 Å². The Balaban J connectivity index is 1.62. The third-order valence-electron chi connectivity index (χ3n) is 5.77. The quantitative estimate of drug-likeness (QED) is 0.308. The number of imide groups is 2. The number of methoxy groups -OCH3 is 1. The largest absolute Gasteiger partial charge is 0.493 e. The molecule has 1 N–H and O–H groups in total. The molecule has 0 bridgehead atoms. The van der Waals surface area contributed by atoms with Gasteiger partial charge in [-0.3, -0.25) is 14.9 Å². The number of carbonyl (C=O) groups excluding carboxylic acids is 3. The van der Waals surface area contributed by atoms with Gasteiger partial charge in [-0.15, -0.1) is 0 Å². The minimum atomic E-state index is -0.787. The number of urea groups is 1. The molecular weight excluding hydrogens is 524 g/mol. The third-order valence-corrected chi connectivity index (χ3v) is 6.36. The number of anilines is 1. The van der Waals surface area contributed by atoms with Crippen LogP contribution in [0.15, 0.2) is 70.7 Å². The summed E-state index contributed by atoms with van der Waals surface area (Å²) in [7, 11) is 1.51. The minimum Gasteiger partial charge on any atom is -0.493 e. The number of hydrogen-bond donors (Lipinski definition) is 1. The summed E-state index contributed by atoms with van der Waals surface area (Å²) in [6.07, 6.45) is 2.25. The van der Waals surface area contributed by atoms with Crippen molar-refractivity contribution in [3.63, 3.8) is 0 Å². The first-order valence-electron chi connectivity index (χ1n) is 11.4. The average molecular weight is 549 g/mol. The summed E-state index contributed by atoms with van der Waals surface area (Å²) < 4.78 is 12.1. The van der Waals surface area contributed by atoms with Crippen LogP contribution in [0.5, 0.6) is 11.5 Å². The molecule has 184 valence electrons. The van der Waals surface area contributed by atoms with Gasteiger partial charge in [0.05, 0.1) is 17.3 Å². The Kier molecular flexibility index (Phi) is 7.55. The summed E-state index contributed by atoms with van der Waals surface area (Å²) in [6, 6.07) is 17.7. The van der Waals surface area contributed by atoms with Gasteiger partial charge in [0.15, 0.2) is 11.5 Å². The van der Waals surface area contributed by atoms with Crippen molar-refractivity contribution in [2.75, 3.05) is 12.0 Å². The molecule has 1 aliphatic rings. The maximum Gasteiger partial charge on any atom is 0.335 e. The molecule has 7 nitrogen and oxygen atoms in total. The first-order chi connectivity index (χ1) is 17.3. The number of hydrogen-bond acceptors (Lipinski definition) is 5. The zero-order valence-electron chi connectivity index (χ0n) is 20.1. The molecule has 0 aliphatic carbocycles. The van der Waals surface area contributed by atoms with E-state index in [4.69, 9.17) is 9.47 Å². The SMILES string of the molecule is CCc1ccc(N2C(=O)NC(=O)/C(=C/c3cc(Br)c(OCc4ccc(C)cc4)c(OC)c3)C2=O)cc1. The summed E-state index contributed by atoms with van der Waals surface area (Å²) in [5, 5.41) is 2.25. The lowest BCUT2D eigenvalue weighted by atomic mass is 10.1. The number of nitrogens with zero attached hydrogens (tertiary/aromatic N) is 1. The van der Waals surface area contributed by atoms with E-state index in [2.05, 4.69) is 21.2 Å². The number of nitrogens with one attached hydrogen (secondary N) is 1. The van der Waals surface area contributed by atoms with Crippen molar-refractivity contribution in [1.29, 1.82) is 0 Å². The molecule has 1 saturated heterocycles. The Morgan fingerprint density at radius 2 is 1.64 bits per heavy atom. The van der Waals surface area contributed by atoms with Crippen LogP contribution >= 0.6 is 15.9 Å². The highest BCUT2D eigenvalue weighted by Gasteiger charge is 2.36. The minimum absolute atomic E-state index is 0.170. The van der Waals surface area contributed by atoms with E-state index in [-0.39, 0.29) is 5.57 Å². The van der Waals surface area contributed by atoms with Crippen LogP contribution in [0.1, 0.15) is 29.2 Å². The molecule has 8 heteroatoms. The summed E-state index contributed by atoms with van der Waals surface area (Å²) in [6.45, 7) is 4.37. The van der Waals surface area contributed by atoms with E-state index in [1.54, 1.807) is 24.3 Å².